The second-order valence-corrected chi connectivity index (χ2v) is 4.70. The molecule has 0 bridgehead atoms. The number of ether oxygens (including phenoxy) is 1. The Balaban J connectivity index is 4.08. The molecule has 5 heteroatoms. The lowest BCUT2D eigenvalue weighted by Gasteiger charge is -2.08. The molecule has 0 saturated carbocycles. The molecule has 0 amide bonds. The molecule has 1 unspecified atom stereocenters. The highest BCUT2D eigenvalue weighted by Gasteiger charge is 2.20. The SMILES string of the molecule is CCCC(OC)S(=O)(=O)Cl. The van der Waals surface area contributed by atoms with Crippen molar-refractivity contribution >= 4 is 19.7 Å². The van der Waals surface area contributed by atoms with Crippen LogP contribution in [0.4, 0.5) is 0 Å². The van der Waals surface area contributed by atoms with Crippen LogP contribution < -0.4 is 0 Å². The summed E-state index contributed by atoms with van der Waals surface area (Å²) in [4.78, 5) is 0. The van der Waals surface area contributed by atoms with E-state index in [1.54, 1.807) is 0 Å². The highest BCUT2D eigenvalue weighted by molar-refractivity contribution is 8.14. The van der Waals surface area contributed by atoms with E-state index in [1.165, 1.54) is 7.11 Å². The van der Waals surface area contributed by atoms with E-state index >= 15 is 0 Å². The van der Waals surface area contributed by atoms with Crippen molar-refractivity contribution in [3.63, 3.8) is 0 Å². The van der Waals surface area contributed by atoms with Crippen molar-refractivity contribution in [2.24, 2.45) is 0 Å². The maximum atomic E-state index is 10.6. The molecule has 0 aliphatic heterocycles. The van der Waals surface area contributed by atoms with Crippen molar-refractivity contribution in [3.8, 4) is 0 Å². The summed E-state index contributed by atoms with van der Waals surface area (Å²) < 4.78 is 25.8. The molecule has 0 N–H and O–H groups in total. The maximum absolute atomic E-state index is 10.6. The highest BCUT2D eigenvalue weighted by atomic mass is 35.7. The predicted octanol–water partition coefficient (Wildman–Crippen LogP) is 1.33. The van der Waals surface area contributed by atoms with Crippen LogP contribution >= 0.6 is 10.7 Å². The van der Waals surface area contributed by atoms with Crippen LogP contribution in [0.15, 0.2) is 0 Å². The zero-order chi connectivity index (χ0) is 8.20. The van der Waals surface area contributed by atoms with Crippen molar-refractivity contribution in [2.45, 2.75) is 25.2 Å². The first-order valence-electron chi connectivity index (χ1n) is 2.98. The number of hydrogen-bond donors (Lipinski definition) is 0. The maximum Gasteiger partial charge on any atom is 0.259 e. The molecule has 0 spiro atoms. The van der Waals surface area contributed by atoms with Gasteiger partial charge in [-0.2, -0.15) is 0 Å². The van der Waals surface area contributed by atoms with E-state index in [0.717, 1.165) is 6.42 Å². The fourth-order valence-corrected chi connectivity index (χ4v) is 1.84. The third-order valence-electron chi connectivity index (χ3n) is 1.10. The summed E-state index contributed by atoms with van der Waals surface area (Å²) in [5.74, 6) is 0. The summed E-state index contributed by atoms with van der Waals surface area (Å²) in [7, 11) is 2.83. The molecule has 1 atom stereocenters. The minimum atomic E-state index is -3.53. The molecule has 0 aromatic heterocycles. The average molecular weight is 187 g/mol. The first-order chi connectivity index (χ1) is 4.52. The van der Waals surface area contributed by atoms with Gasteiger partial charge in [0.2, 0.25) is 0 Å². The molecule has 0 radical (unpaired) electrons. The molecule has 10 heavy (non-hydrogen) atoms. The molecule has 0 heterocycles. The second kappa shape index (κ2) is 4.16. The standard InChI is InChI=1S/C5H11ClO3S/c1-3-4-5(9-2)10(6,7)8/h5H,3-4H2,1-2H3. The van der Waals surface area contributed by atoms with Crippen molar-refractivity contribution < 1.29 is 13.2 Å². The van der Waals surface area contributed by atoms with Gasteiger partial charge in [-0.15, -0.1) is 0 Å². The van der Waals surface area contributed by atoms with E-state index in [2.05, 4.69) is 4.74 Å². The first kappa shape index (κ1) is 10.2. The van der Waals surface area contributed by atoms with Crippen molar-refractivity contribution in [3.05, 3.63) is 0 Å². The Bertz CT molecular complexity index is 175. The number of hydrogen-bond acceptors (Lipinski definition) is 3. The van der Waals surface area contributed by atoms with E-state index in [9.17, 15) is 8.42 Å². The summed E-state index contributed by atoms with van der Waals surface area (Å²) in [6.45, 7) is 1.87. The van der Waals surface area contributed by atoms with Gasteiger partial charge in [-0.05, 0) is 6.42 Å². The van der Waals surface area contributed by atoms with Gasteiger partial charge in [-0.1, -0.05) is 13.3 Å². The monoisotopic (exact) mass is 186 g/mol. The molecule has 0 aromatic carbocycles. The van der Waals surface area contributed by atoms with Gasteiger partial charge in [-0.25, -0.2) is 8.42 Å². The normalized spacial score (nSPS) is 15.1. The summed E-state index contributed by atoms with van der Waals surface area (Å²) in [6.07, 6.45) is 1.19. The Kier molecular flexibility index (Phi) is 4.24. The third-order valence-corrected chi connectivity index (χ3v) is 2.75. The van der Waals surface area contributed by atoms with Gasteiger partial charge in [0.25, 0.3) is 9.05 Å². The van der Waals surface area contributed by atoms with Crippen LogP contribution in [0.25, 0.3) is 0 Å². The van der Waals surface area contributed by atoms with Crippen molar-refractivity contribution in [1.82, 2.24) is 0 Å². The molecular formula is C5H11ClO3S. The predicted molar refractivity (Wildman–Crippen MR) is 40.5 cm³/mol. The zero-order valence-corrected chi connectivity index (χ0v) is 7.57. The minimum Gasteiger partial charge on any atom is -0.364 e. The highest BCUT2D eigenvalue weighted by Crippen LogP contribution is 2.12. The molecular weight excluding hydrogens is 176 g/mol. The number of methoxy groups -OCH3 is 1. The van der Waals surface area contributed by atoms with Crippen molar-refractivity contribution in [1.29, 1.82) is 0 Å². The molecule has 0 aromatic rings. The lowest BCUT2D eigenvalue weighted by atomic mass is 10.4. The fraction of sp³-hybridized carbons (Fsp3) is 1.00. The first-order valence-corrected chi connectivity index (χ1v) is 5.36. The van der Waals surface area contributed by atoms with Crippen LogP contribution in [0.3, 0.4) is 0 Å². The molecule has 0 rings (SSSR count). The van der Waals surface area contributed by atoms with Gasteiger partial charge in [0.1, 0.15) is 0 Å². The smallest absolute Gasteiger partial charge is 0.259 e. The van der Waals surface area contributed by atoms with E-state index in [4.69, 9.17) is 10.7 Å². The Hall–Kier alpha value is 0.200. The quantitative estimate of drug-likeness (QED) is 0.623. The molecule has 3 nitrogen and oxygen atoms in total. The van der Waals surface area contributed by atoms with Gasteiger partial charge in [0.15, 0.2) is 5.44 Å². The summed E-state index contributed by atoms with van der Waals surface area (Å²) in [6, 6.07) is 0. The van der Waals surface area contributed by atoms with Gasteiger partial charge >= 0.3 is 0 Å². The average Bonchev–Trinajstić information content (AvgIpc) is 1.80. The van der Waals surface area contributed by atoms with Gasteiger partial charge < -0.3 is 4.74 Å². The molecule has 0 saturated heterocycles. The van der Waals surface area contributed by atoms with E-state index in [0.29, 0.717) is 6.42 Å². The van der Waals surface area contributed by atoms with E-state index in [1.807, 2.05) is 6.92 Å². The Morgan fingerprint density at radius 1 is 1.60 bits per heavy atom. The van der Waals surface area contributed by atoms with Crippen LogP contribution in [0.5, 0.6) is 0 Å². The minimum absolute atomic E-state index is 0.447. The third kappa shape index (κ3) is 3.39. The Morgan fingerprint density at radius 3 is 2.20 bits per heavy atom. The topological polar surface area (TPSA) is 43.4 Å². The summed E-state index contributed by atoms with van der Waals surface area (Å²) in [5, 5.41) is 0. The molecule has 0 aliphatic rings. The van der Waals surface area contributed by atoms with Crippen LogP contribution in [-0.4, -0.2) is 21.0 Å². The van der Waals surface area contributed by atoms with E-state index < -0.39 is 14.5 Å². The number of rotatable bonds is 4. The lowest BCUT2D eigenvalue weighted by Crippen LogP contribution is -2.17. The Morgan fingerprint density at radius 2 is 2.10 bits per heavy atom. The Labute approximate surface area is 65.7 Å². The van der Waals surface area contributed by atoms with Crippen LogP contribution in [0, 0.1) is 0 Å². The molecule has 0 fully saturated rings. The van der Waals surface area contributed by atoms with Crippen LogP contribution in [0.1, 0.15) is 19.8 Å². The largest absolute Gasteiger partial charge is 0.364 e. The second-order valence-electron chi connectivity index (χ2n) is 1.93. The van der Waals surface area contributed by atoms with Crippen LogP contribution in [0.2, 0.25) is 0 Å². The van der Waals surface area contributed by atoms with Gasteiger partial charge in [-0.3, -0.25) is 0 Å². The van der Waals surface area contributed by atoms with Crippen molar-refractivity contribution in [2.75, 3.05) is 7.11 Å². The summed E-state index contributed by atoms with van der Waals surface area (Å²) >= 11 is 0. The number of halogens is 1. The van der Waals surface area contributed by atoms with Gasteiger partial charge in [0.05, 0.1) is 0 Å². The lowest BCUT2D eigenvalue weighted by molar-refractivity contribution is 0.157. The summed E-state index contributed by atoms with van der Waals surface area (Å²) in [5.41, 5.74) is -0.848. The van der Waals surface area contributed by atoms with Gasteiger partial charge in [0, 0.05) is 17.8 Å². The molecule has 62 valence electrons. The fourth-order valence-electron chi connectivity index (χ4n) is 0.609. The molecule has 0 aliphatic carbocycles. The van der Waals surface area contributed by atoms with Crippen LogP contribution in [-0.2, 0) is 13.8 Å². The zero-order valence-electron chi connectivity index (χ0n) is 6.00. The van der Waals surface area contributed by atoms with E-state index in [-0.39, 0.29) is 0 Å².